The Morgan fingerprint density at radius 1 is 1.38 bits per heavy atom. The summed E-state index contributed by atoms with van der Waals surface area (Å²) < 4.78 is 13.3. The van der Waals surface area contributed by atoms with Crippen molar-refractivity contribution in [2.24, 2.45) is 4.99 Å². The Hall–Kier alpha value is -0.850. The van der Waals surface area contributed by atoms with Crippen LogP contribution in [0.15, 0.2) is 29.3 Å². The van der Waals surface area contributed by atoms with E-state index >= 15 is 0 Å². The monoisotopic (exact) mass is 405 g/mol. The number of halogens is 2. The van der Waals surface area contributed by atoms with Crippen LogP contribution in [0.2, 0.25) is 0 Å². The Bertz CT molecular complexity index is 484. The summed E-state index contributed by atoms with van der Waals surface area (Å²) in [4.78, 5) is 4.64. The van der Waals surface area contributed by atoms with E-state index in [1.807, 2.05) is 6.07 Å². The number of guanidine groups is 1. The molecule has 2 N–H and O–H groups in total. The molecule has 0 aliphatic heterocycles. The molecular weight excluding hydrogens is 380 g/mol. The van der Waals surface area contributed by atoms with Gasteiger partial charge < -0.3 is 10.6 Å². The molecule has 0 amide bonds. The zero-order valence-electron chi connectivity index (χ0n) is 12.9. The van der Waals surface area contributed by atoms with E-state index in [1.165, 1.54) is 18.9 Å². The van der Waals surface area contributed by atoms with E-state index in [4.69, 9.17) is 0 Å². The smallest absolute Gasteiger partial charge is 0.191 e. The quantitative estimate of drug-likeness (QED) is 0.448. The molecule has 1 saturated carbocycles. The van der Waals surface area contributed by atoms with Crippen LogP contribution < -0.4 is 10.6 Å². The molecule has 1 aromatic carbocycles. The van der Waals surface area contributed by atoms with Crippen molar-refractivity contribution in [3.05, 3.63) is 35.6 Å². The molecule has 0 unspecified atom stereocenters. The number of hydrogen-bond donors (Lipinski definition) is 2. The molecule has 21 heavy (non-hydrogen) atoms. The lowest BCUT2D eigenvalue weighted by Crippen LogP contribution is -2.39. The lowest BCUT2D eigenvalue weighted by Gasteiger charge is -2.24. The maximum Gasteiger partial charge on any atom is 0.191 e. The van der Waals surface area contributed by atoms with Gasteiger partial charge in [-0.25, -0.2) is 4.39 Å². The summed E-state index contributed by atoms with van der Waals surface area (Å²) in [5, 5.41) is 6.65. The highest BCUT2D eigenvalue weighted by atomic mass is 127. The van der Waals surface area contributed by atoms with Crippen molar-refractivity contribution in [2.45, 2.75) is 45.1 Å². The van der Waals surface area contributed by atoms with Crippen molar-refractivity contribution in [3.8, 4) is 0 Å². The minimum Gasteiger partial charge on any atom is -0.357 e. The first-order valence-electron chi connectivity index (χ1n) is 7.32. The van der Waals surface area contributed by atoms with E-state index in [9.17, 15) is 4.39 Å². The Kier molecular flexibility index (Phi) is 6.90. The van der Waals surface area contributed by atoms with Gasteiger partial charge in [-0.15, -0.1) is 24.0 Å². The van der Waals surface area contributed by atoms with Crippen LogP contribution in [-0.2, 0) is 5.41 Å². The van der Waals surface area contributed by atoms with E-state index in [1.54, 1.807) is 12.1 Å². The first-order valence-corrected chi connectivity index (χ1v) is 7.32. The number of hydrogen-bond acceptors (Lipinski definition) is 1. The second-order valence-corrected chi connectivity index (χ2v) is 6.01. The Labute approximate surface area is 143 Å². The third-order valence-electron chi connectivity index (χ3n) is 3.50. The zero-order chi connectivity index (χ0) is 14.6. The molecule has 0 atom stereocenters. The molecule has 118 valence electrons. The van der Waals surface area contributed by atoms with Crippen molar-refractivity contribution in [1.29, 1.82) is 0 Å². The second kappa shape index (κ2) is 7.96. The van der Waals surface area contributed by atoms with Crippen LogP contribution in [0.4, 0.5) is 4.39 Å². The Balaban J connectivity index is 0.00000220. The summed E-state index contributed by atoms with van der Waals surface area (Å²) in [5.74, 6) is 0.669. The predicted octanol–water partition coefficient (Wildman–Crippen LogP) is 3.44. The van der Waals surface area contributed by atoms with Crippen LogP contribution in [0.5, 0.6) is 0 Å². The number of aliphatic imine (C=N–C) groups is 1. The van der Waals surface area contributed by atoms with Crippen LogP contribution in [0.25, 0.3) is 0 Å². The first kappa shape index (κ1) is 18.2. The summed E-state index contributed by atoms with van der Waals surface area (Å²) >= 11 is 0. The summed E-state index contributed by atoms with van der Waals surface area (Å²) in [6.45, 7) is 7.71. The van der Waals surface area contributed by atoms with Crippen LogP contribution in [0, 0.1) is 5.82 Å². The van der Waals surface area contributed by atoms with E-state index in [0.717, 1.165) is 18.1 Å². The molecule has 2 rings (SSSR count). The molecular formula is C16H25FIN3. The van der Waals surface area contributed by atoms with Crippen LogP contribution in [-0.4, -0.2) is 25.1 Å². The van der Waals surface area contributed by atoms with Crippen LogP contribution in [0.1, 0.15) is 39.2 Å². The van der Waals surface area contributed by atoms with Gasteiger partial charge in [0, 0.05) is 18.0 Å². The van der Waals surface area contributed by atoms with Crippen molar-refractivity contribution in [2.75, 3.05) is 13.1 Å². The number of benzene rings is 1. The number of rotatable bonds is 5. The zero-order valence-corrected chi connectivity index (χ0v) is 15.3. The highest BCUT2D eigenvalue weighted by Crippen LogP contribution is 2.24. The molecule has 1 fully saturated rings. The predicted molar refractivity (Wildman–Crippen MR) is 97.0 cm³/mol. The molecule has 0 spiro atoms. The van der Waals surface area contributed by atoms with Gasteiger partial charge in [0.05, 0.1) is 6.54 Å². The number of nitrogens with zero attached hydrogens (tertiary/aromatic N) is 1. The molecule has 5 heteroatoms. The first-order chi connectivity index (χ1) is 9.51. The van der Waals surface area contributed by atoms with E-state index in [2.05, 4.69) is 36.4 Å². The summed E-state index contributed by atoms with van der Waals surface area (Å²) in [6, 6.07) is 7.35. The molecule has 1 aromatic rings. The van der Waals surface area contributed by atoms with Gasteiger partial charge >= 0.3 is 0 Å². The lowest BCUT2D eigenvalue weighted by atomic mass is 9.85. The Morgan fingerprint density at radius 3 is 2.67 bits per heavy atom. The summed E-state index contributed by atoms with van der Waals surface area (Å²) in [5.41, 5.74) is 0.789. The van der Waals surface area contributed by atoms with E-state index < -0.39 is 0 Å². The molecule has 0 aromatic heterocycles. The standard InChI is InChI=1S/C16H24FN3.HI/c1-4-18-15(20-14-8-9-14)19-11-16(2,3)12-6-5-7-13(17)10-12;/h5-7,10,14H,4,8-9,11H2,1-3H3,(H2,18,19,20);1H. The van der Waals surface area contributed by atoms with Gasteiger partial charge in [-0.3, -0.25) is 4.99 Å². The minimum atomic E-state index is -0.192. The Morgan fingerprint density at radius 2 is 2.10 bits per heavy atom. The molecule has 0 radical (unpaired) electrons. The van der Waals surface area contributed by atoms with Crippen molar-refractivity contribution in [3.63, 3.8) is 0 Å². The number of nitrogens with one attached hydrogen (secondary N) is 2. The van der Waals surface area contributed by atoms with E-state index in [-0.39, 0.29) is 35.2 Å². The average Bonchev–Trinajstić information content (AvgIpc) is 3.20. The topological polar surface area (TPSA) is 36.4 Å². The third-order valence-corrected chi connectivity index (χ3v) is 3.50. The van der Waals surface area contributed by atoms with Gasteiger partial charge in [-0.1, -0.05) is 26.0 Å². The van der Waals surface area contributed by atoms with Crippen LogP contribution >= 0.6 is 24.0 Å². The molecule has 0 heterocycles. The van der Waals surface area contributed by atoms with Gasteiger partial charge in [-0.05, 0) is 37.5 Å². The molecule has 0 bridgehead atoms. The van der Waals surface area contributed by atoms with Crippen molar-refractivity contribution < 1.29 is 4.39 Å². The minimum absolute atomic E-state index is 0. The average molecular weight is 405 g/mol. The molecule has 0 saturated heterocycles. The third kappa shape index (κ3) is 5.80. The van der Waals surface area contributed by atoms with Gasteiger partial charge in [0.15, 0.2) is 5.96 Å². The normalized spacial score (nSPS) is 15.3. The van der Waals surface area contributed by atoms with Gasteiger partial charge in [0.1, 0.15) is 5.82 Å². The SMILES string of the molecule is CCNC(=NCC(C)(C)c1cccc(F)c1)NC1CC1.I. The second-order valence-electron chi connectivity index (χ2n) is 6.01. The maximum absolute atomic E-state index is 13.3. The molecule has 3 nitrogen and oxygen atoms in total. The highest BCUT2D eigenvalue weighted by Gasteiger charge is 2.24. The fourth-order valence-electron chi connectivity index (χ4n) is 2.02. The molecule has 1 aliphatic rings. The van der Waals surface area contributed by atoms with Crippen molar-refractivity contribution >= 4 is 29.9 Å². The van der Waals surface area contributed by atoms with Gasteiger partial charge in [-0.2, -0.15) is 0 Å². The largest absolute Gasteiger partial charge is 0.357 e. The maximum atomic E-state index is 13.3. The lowest BCUT2D eigenvalue weighted by molar-refractivity contribution is 0.529. The summed E-state index contributed by atoms with van der Waals surface area (Å²) in [7, 11) is 0. The fourth-order valence-corrected chi connectivity index (χ4v) is 2.02. The highest BCUT2D eigenvalue weighted by molar-refractivity contribution is 14.0. The van der Waals surface area contributed by atoms with Gasteiger partial charge in [0.25, 0.3) is 0 Å². The van der Waals surface area contributed by atoms with Crippen LogP contribution in [0.3, 0.4) is 0 Å². The molecule has 1 aliphatic carbocycles. The fraction of sp³-hybridized carbons (Fsp3) is 0.562. The van der Waals surface area contributed by atoms with Gasteiger partial charge in [0.2, 0.25) is 0 Å². The summed E-state index contributed by atoms with van der Waals surface area (Å²) in [6.07, 6.45) is 2.44. The van der Waals surface area contributed by atoms with E-state index in [0.29, 0.717) is 12.6 Å². The van der Waals surface area contributed by atoms with Crippen molar-refractivity contribution in [1.82, 2.24) is 10.6 Å².